The van der Waals surface area contributed by atoms with E-state index >= 15 is 0 Å². The molecule has 0 amide bonds. The molecule has 1 N–H and O–H groups in total. The Labute approximate surface area is 178 Å². The van der Waals surface area contributed by atoms with Gasteiger partial charge in [0, 0.05) is 19.3 Å². The minimum Gasteiger partial charge on any atom is -0.313 e. The Morgan fingerprint density at radius 2 is 1.73 bits per heavy atom. The second-order valence-electron chi connectivity index (χ2n) is 7.40. The highest BCUT2D eigenvalue weighted by Crippen LogP contribution is 2.25. The number of benzene rings is 2. The summed E-state index contributed by atoms with van der Waals surface area (Å²) in [5, 5.41) is 0.755. The topological polar surface area (TPSA) is 72.7 Å². The van der Waals surface area contributed by atoms with E-state index < -0.39 is 5.69 Å². The van der Waals surface area contributed by atoms with Gasteiger partial charge < -0.3 is 4.57 Å². The molecule has 2 heterocycles. The largest absolute Gasteiger partial charge is 0.329 e. The van der Waals surface area contributed by atoms with Gasteiger partial charge in [-0.05, 0) is 30.9 Å². The van der Waals surface area contributed by atoms with Gasteiger partial charge in [0.15, 0.2) is 16.3 Å². The number of hydrogen-bond acceptors (Lipinski definition) is 4. The lowest BCUT2D eigenvalue weighted by atomic mass is 10.1. The lowest BCUT2D eigenvalue weighted by molar-refractivity contribution is 0.608. The third-order valence-corrected chi connectivity index (χ3v) is 6.20. The van der Waals surface area contributed by atoms with E-state index in [4.69, 9.17) is 0 Å². The van der Waals surface area contributed by atoms with Crippen molar-refractivity contribution in [3.8, 4) is 0 Å². The molecule has 0 atom stereocenters. The van der Waals surface area contributed by atoms with E-state index in [-0.39, 0.29) is 5.56 Å². The fourth-order valence-corrected chi connectivity index (χ4v) is 4.43. The fourth-order valence-electron chi connectivity index (χ4n) is 3.45. The second kappa shape index (κ2) is 8.75. The van der Waals surface area contributed by atoms with Crippen LogP contribution in [0.5, 0.6) is 0 Å². The average molecular weight is 421 g/mol. The summed E-state index contributed by atoms with van der Waals surface area (Å²) < 4.78 is 3.36. The number of aromatic nitrogens is 4. The van der Waals surface area contributed by atoms with Crippen molar-refractivity contribution in [3.05, 3.63) is 92.1 Å². The standard InChI is InChI=1S/C23H24N4O2S/c1-16-10-12-18(13-11-16)15-30-23-24-20-19(21(28)25-22(29)26(20)2)27(23)14-6-9-17-7-4-3-5-8-17/h3-5,7-8,10-13H,6,9,14-15H2,1-2H3,(H,25,28,29). The van der Waals surface area contributed by atoms with Gasteiger partial charge in [-0.3, -0.25) is 14.3 Å². The Bertz CT molecular complexity index is 1270. The van der Waals surface area contributed by atoms with Gasteiger partial charge in [-0.25, -0.2) is 9.78 Å². The van der Waals surface area contributed by atoms with Crippen LogP contribution in [0.3, 0.4) is 0 Å². The first-order valence-electron chi connectivity index (χ1n) is 9.95. The van der Waals surface area contributed by atoms with Crippen molar-refractivity contribution >= 4 is 22.9 Å². The number of aromatic amines is 1. The SMILES string of the molecule is Cc1ccc(CSc2nc3c(c(=O)[nH]c(=O)n3C)n2CCCc2ccccc2)cc1. The van der Waals surface area contributed by atoms with Crippen LogP contribution in [0.15, 0.2) is 69.3 Å². The van der Waals surface area contributed by atoms with E-state index in [0.717, 1.165) is 23.8 Å². The van der Waals surface area contributed by atoms with Crippen molar-refractivity contribution < 1.29 is 0 Å². The van der Waals surface area contributed by atoms with Crippen molar-refractivity contribution in [2.45, 2.75) is 37.2 Å². The van der Waals surface area contributed by atoms with Crippen LogP contribution in [0.1, 0.15) is 23.1 Å². The normalized spacial score (nSPS) is 11.3. The highest BCUT2D eigenvalue weighted by atomic mass is 32.2. The number of hydrogen-bond donors (Lipinski definition) is 1. The zero-order chi connectivity index (χ0) is 21.1. The first-order chi connectivity index (χ1) is 14.5. The monoisotopic (exact) mass is 420 g/mol. The molecule has 4 aromatic rings. The van der Waals surface area contributed by atoms with Gasteiger partial charge in [-0.1, -0.05) is 71.9 Å². The number of H-pyrrole nitrogens is 1. The van der Waals surface area contributed by atoms with E-state index in [2.05, 4.69) is 53.3 Å². The molecule has 0 saturated heterocycles. The molecular formula is C23H24N4O2S. The average Bonchev–Trinajstić information content (AvgIpc) is 3.12. The Hall–Kier alpha value is -3.06. The molecule has 30 heavy (non-hydrogen) atoms. The molecule has 0 spiro atoms. The maximum atomic E-state index is 12.6. The molecule has 0 fully saturated rings. The Morgan fingerprint density at radius 3 is 2.47 bits per heavy atom. The molecule has 0 saturated carbocycles. The van der Waals surface area contributed by atoms with Crippen LogP contribution in [-0.4, -0.2) is 19.1 Å². The minimum atomic E-state index is -0.448. The predicted molar refractivity (Wildman–Crippen MR) is 121 cm³/mol. The molecule has 6 nitrogen and oxygen atoms in total. The number of nitrogens with one attached hydrogen (secondary N) is 1. The first-order valence-corrected chi connectivity index (χ1v) is 10.9. The maximum absolute atomic E-state index is 12.6. The molecule has 0 aliphatic rings. The zero-order valence-electron chi connectivity index (χ0n) is 17.1. The summed E-state index contributed by atoms with van der Waals surface area (Å²) in [5.74, 6) is 0.744. The summed E-state index contributed by atoms with van der Waals surface area (Å²) >= 11 is 1.58. The van der Waals surface area contributed by atoms with E-state index in [1.165, 1.54) is 21.3 Å². The molecule has 7 heteroatoms. The van der Waals surface area contributed by atoms with Gasteiger partial charge in [0.25, 0.3) is 5.56 Å². The Kier molecular flexibility index (Phi) is 5.90. The van der Waals surface area contributed by atoms with Crippen LogP contribution in [0.2, 0.25) is 0 Å². The molecule has 0 radical (unpaired) electrons. The number of fused-ring (bicyclic) bond motifs is 1. The Balaban J connectivity index is 1.64. The summed E-state index contributed by atoms with van der Waals surface area (Å²) in [5.41, 5.74) is 3.72. The van der Waals surface area contributed by atoms with E-state index in [1.54, 1.807) is 18.8 Å². The van der Waals surface area contributed by atoms with Gasteiger partial charge in [-0.2, -0.15) is 0 Å². The van der Waals surface area contributed by atoms with E-state index in [1.807, 2.05) is 22.8 Å². The summed E-state index contributed by atoms with van der Waals surface area (Å²) in [6, 6.07) is 18.7. The van der Waals surface area contributed by atoms with Crippen molar-refractivity contribution in [2.24, 2.45) is 7.05 Å². The van der Waals surface area contributed by atoms with Crippen LogP contribution >= 0.6 is 11.8 Å². The van der Waals surface area contributed by atoms with Crippen molar-refractivity contribution in [3.63, 3.8) is 0 Å². The van der Waals surface area contributed by atoms with Gasteiger partial charge >= 0.3 is 5.69 Å². The molecule has 2 aromatic heterocycles. The number of aryl methyl sites for hydroxylation is 4. The van der Waals surface area contributed by atoms with Gasteiger partial charge in [-0.15, -0.1) is 0 Å². The number of rotatable bonds is 7. The molecule has 0 unspecified atom stereocenters. The lowest BCUT2D eigenvalue weighted by Gasteiger charge is -2.09. The van der Waals surface area contributed by atoms with Crippen molar-refractivity contribution in [1.29, 1.82) is 0 Å². The lowest BCUT2D eigenvalue weighted by Crippen LogP contribution is -2.29. The van der Waals surface area contributed by atoms with Gasteiger partial charge in [0.2, 0.25) is 0 Å². The van der Waals surface area contributed by atoms with E-state index in [9.17, 15) is 9.59 Å². The summed E-state index contributed by atoms with van der Waals surface area (Å²) in [6.07, 6.45) is 1.78. The summed E-state index contributed by atoms with van der Waals surface area (Å²) in [7, 11) is 1.64. The summed E-state index contributed by atoms with van der Waals surface area (Å²) in [6.45, 7) is 2.72. The third-order valence-electron chi connectivity index (χ3n) is 5.15. The van der Waals surface area contributed by atoms with Crippen molar-refractivity contribution in [1.82, 2.24) is 19.1 Å². The molecule has 0 aliphatic carbocycles. The van der Waals surface area contributed by atoms with Gasteiger partial charge in [0.1, 0.15) is 0 Å². The second-order valence-corrected chi connectivity index (χ2v) is 8.34. The minimum absolute atomic E-state index is 0.387. The van der Waals surface area contributed by atoms with Crippen LogP contribution in [-0.2, 0) is 25.8 Å². The number of imidazole rings is 1. The third kappa shape index (κ3) is 4.26. The summed E-state index contributed by atoms with van der Waals surface area (Å²) in [4.78, 5) is 31.7. The highest BCUT2D eigenvalue weighted by molar-refractivity contribution is 7.98. The molecular weight excluding hydrogens is 396 g/mol. The first kappa shape index (κ1) is 20.2. The quantitative estimate of drug-likeness (QED) is 0.463. The maximum Gasteiger partial charge on any atom is 0.329 e. The van der Waals surface area contributed by atoms with Crippen LogP contribution in [0, 0.1) is 6.92 Å². The molecule has 2 aromatic carbocycles. The number of thioether (sulfide) groups is 1. The van der Waals surface area contributed by atoms with Crippen molar-refractivity contribution in [2.75, 3.05) is 0 Å². The number of nitrogens with zero attached hydrogens (tertiary/aromatic N) is 3. The predicted octanol–water partition coefficient (Wildman–Crippen LogP) is 3.66. The van der Waals surface area contributed by atoms with Crippen LogP contribution in [0.4, 0.5) is 0 Å². The molecule has 0 bridgehead atoms. The van der Waals surface area contributed by atoms with Crippen LogP contribution in [0.25, 0.3) is 11.2 Å². The molecule has 154 valence electrons. The fraction of sp³-hybridized carbons (Fsp3) is 0.261. The van der Waals surface area contributed by atoms with Crippen LogP contribution < -0.4 is 11.2 Å². The Morgan fingerprint density at radius 1 is 1.00 bits per heavy atom. The molecule has 0 aliphatic heterocycles. The van der Waals surface area contributed by atoms with Gasteiger partial charge in [0.05, 0.1) is 0 Å². The highest BCUT2D eigenvalue weighted by Gasteiger charge is 2.17. The molecule has 4 rings (SSSR count). The smallest absolute Gasteiger partial charge is 0.313 e. The zero-order valence-corrected chi connectivity index (χ0v) is 17.9. The van der Waals surface area contributed by atoms with E-state index in [0.29, 0.717) is 17.7 Å².